The Labute approximate surface area is 171 Å². The number of hydrogen-bond donors (Lipinski definition) is 3. The van der Waals surface area contributed by atoms with Crippen LogP contribution in [-0.2, 0) is 4.79 Å². The van der Waals surface area contributed by atoms with Gasteiger partial charge in [0, 0.05) is 43.1 Å². The lowest BCUT2D eigenvalue weighted by atomic mass is 10.1. The van der Waals surface area contributed by atoms with Gasteiger partial charge >= 0.3 is 0 Å². The molecule has 5 nitrogen and oxygen atoms in total. The van der Waals surface area contributed by atoms with E-state index in [1.54, 1.807) is 6.20 Å². The lowest BCUT2D eigenvalue weighted by molar-refractivity contribution is -0.117. The number of Topliss-reactive ketones (excluding diaryl/α,β-unsaturated/α-hetero) is 1. The van der Waals surface area contributed by atoms with Crippen LogP contribution in [0, 0.1) is 0 Å². The Balaban J connectivity index is 1.59. The van der Waals surface area contributed by atoms with Crippen molar-refractivity contribution in [1.29, 1.82) is 0 Å². The van der Waals surface area contributed by atoms with Gasteiger partial charge in [0.2, 0.25) is 0 Å². The second-order valence-corrected chi connectivity index (χ2v) is 8.18. The zero-order valence-corrected chi connectivity index (χ0v) is 17.4. The predicted molar refractivity (Wildman–Crippen MR) is 113 cm³/mol. The van der Waals surface area contributed by atoms with Crippen LogP contribution in [0.1, 0.15) is 28.9 Å². The Hall–Kier alpha value is -2.38. The van der Waals surface area contributed by atoms with E-state index in [0.717, 1.165) is 30.9 Å². The van der Waals surface area contributed by atoms with Crippen molar-refractivity contribution < 1.29 is 9.59 Å². The van der Waals surface area contributed by atoms with Crippen LogP contribution in [-0.4, -0.2) is 21.7 Å². The molecule has 1 unspecified atom stereocenters. The number of ketones is 1. The highest BCUT2D eigenvalue weighted by Gasteiger charge is 2.23. The fourth-order valence-electron chi connectivity index (χ4n) is 3.22. The van der Waals surface area contributed by atoms with Crippen molar-refractivity contribution in [3.05, 3.63) is 68.9 Å². The number of rotatable bonds is 4. The summed E-state index contributed by atoms with van der Waals surface area (Å²) in [5.41, 5.74) is 3.07. The van der Waals surface area contributed by atoms with Crippen LogP contribution in [0.5, 0.6) is 0 Å². The molecule has 4 rings (SSSR count). The van der Waals surface area contributed by atoms with Gasteiger partial charge in [-0.1, -0.05) is 31.9 Å². The van der Waals surface area contributed by atoms with Crippen LogP contribution in [0.15, 0.2) is 57.7 Å². The van der Waals surface area contributed by atoms with Crippen molar-refractivity contribution in [2.24, 2.45) is 0 Å². The molecule has 136 valence electrons. The van der Waals surface area contributed by atoms with Gasteiger partial charge in [-0.2, -0.15) is 0 Å². The Morgan fingerprint density at radius 2 is 1.52 bits per heavy atom. The topological polar surface area (TPSA) is 77.8 Å². The Kier molecular flexibility index (Phi) is 4.65. The summed E-state index contributed by atoms with van der Waals surface area (Å²) >= 11 is 6.87. The van der Waals surface area contributed by atoms with Crippen LogP contribution < -0.4 is 5.32 Å². The average Bonchev–Trinajstić information content (AvgIpc) is 3.24. The molecule has 2 aromatic carbocycles. The predicted octanol–water partition coefficient (Wildman–Crippen LogP) is 5.23. The highest BCUT2D eigenvalue weighted by Crippen LogP contribution is 2.27. The van der Waals surface area contributed by atoms with E-state index in [9.17, 15) is 9.59 Å². The van der Waals surface area contributed by atoms with Gasteiger partial charge in [0.25, 0.3) is 11.7 Å². The van der Waals surface area contributed by atoms with Crippen molar-refractivity contribution in [3.8, 4) is 0 Å². The number of benzene rings is 2. The number of amides is 1. The molecule has 3 N–H and O–H groups in total. The molecular weight excluding hydrogens is 474 g/mol. The minimum atomic E-state index is -0.632. The van der Waals surface area contributed by atoms with Crippen molar-refractivity contribution >= 4 is 65.4 Å². The summed E-state index contributed by atoms with van der Waals surface area (Å²) < 4.78 is 1.80. The fraction of sp³-hybridized carbons (Fsp3) is 0.100. The van der Waals surface area contributed by atoms with Gasteiger partial charge in [-0.05, 0) is 48.9 Å². The van der Waals surface area contributed by atoms with E-state index >= 15 is 0 Å². The SMILES string of the molecule is CC(NC(=O)C(=O)c1c[nH]c2ccc(Br)cc12)c1c[nH]c2ccc(Br)cc12. The number of carbonyl (C=O) groups is 2. The molecular formula is C20H15Br2N3O2. The highest BCUT2D eigenvalue weighted by molar-refractivity contribution is 9.10. The molecule has 0 aliphatic heterocycles. The van der Waals surface area contributed by atoms with Crippen molar-refractivity contribution in [3.63, 3.8) is 0 Å². The Morgan fingerprint density at radius 3 is 2.22 bits per heavy atom. The summed E-state index contributed by atoms with van der Waals surface area (Å²) in [5.74, 6) is -1.19. The van der Waals surface area contributed by atoms with Crippen molar-refractivity contribution in [2.45, 2.75) is 13.0 Å². The lowest BCUT2D eigenvalue weighted by Crippen LogP contribution is -2.33. The number of nitrogens with one attached hydrogen (secondary N) is 3. The van der Waals surface area contributed by atoms with Crippen LogP contribution >= 0.6 is 31.9 Å². The summed E-state index contributed by atoms with van der Waals surface area (Å²) in [6, 6.07) is 11.2. The fourth-order valence-corrected chi connectivity index (χ4v) is 3.94. The first-order valence-corrected chi connectivity index (χ1v) is 9.91. The third kappa shape index (κ3) is 3.33. The van der Waals surface area contributed by atoms with Crippen LogP contribution in [0.2, 0.25) is 0 Å². The van der Waals surface area contributed by atoms with Gasteiger partial charge < -0.3 is 15.3 Å². The Morgan fingerprint density at radius 1 is 0.926 bits per heavy atom. The first kappa shape index (κ1) is 18.0. The number of aromatic nitrogens is 2. The molecule has 27 heavy (non-hydrogen) atoms. The number of carbonyl (C=O) groups excluding carboxylic acids is 2. The molecule has 0 spiro atoms. The van der Waals surface area contributed by atoms with E-state index in [1.165, 1.54) is 0 Å². The third-order valence-corrected chi connectivity index (χ3v) is 5.57. The van der Waals surface area contributed by atoms with Crippen LogP contribution in [0.4, 0.5) is 0 Å². The number of fused-ring (bicyclic) bond motifs is 2. The van der Waals surface area contributed by atoms with Gasteiger partial charge in [-0.3, -0.25) is 9.59 Å². The second kappa shape index (κ2) is 6.98. The summed E-state index contributed by atoms with van der Waals surface area (Å²) in [6.45, 7) is 1.86. The first-order valence-electron chi connectivity index (χ1n) is 8.32. The maximum Gasteiger partial charge on any atom is 0.292 e. The maximum atomic E-state index is 12.7. The molecule has 0 aliphatic rings. The van der Waals surface area contributed by atoms with Gasteiger partial charge in [-0.25, -0.2) is 0 Å². The highest BCUT2D eigenvalue weighted by atomic mass is 79.9. The second-order valence-electron chi connectivity index (χ2n) is 6.35. The molecule has 0 saturated heterocycles. The van der Waals surface area contributed by atoms with E-state index in [2.05, 4.69) is 47.1 Å². The molecule has 1 amide bonds. The van der Waals surface area contributed by atoms with E-state index in [0.29, 0.717) is 10.9 Å². The monoisotopic (exact) mass is 487 g/mol. The van der Waals surface area contributed by atoms with Crippen LogP contribution in [0.3, 0.4) is 0 Å². The molecule has 0 radical (unpaired) electrons. The summed E-state index contributed by atoms with van der Waals surface area (Å²) in [4.78, 5) is 31.5. The molecule has 7 heteroatoms. The smallest absolute Gasteiger partial charge is 0.292 e. The average molecular weight is 489 g/mol. The molecule has 0 fully saturated rings. The largest absolute Gasteiger partial charge is 0.361 e. The van der Waals surface area contributed by atoms with Gasteiger partial charge in [0.15, 0.2) is 0 Å². The van der Waals surface area contributed by atoms with E-state index in [-0.39, 0.29) is 6.04 Å². The first-order chi connectivity index (χ1) is 12.9. The zero-order chi connectivity index (χ0) is 19.1. The molecule has 0 aliphatic carbocycles. The quantitative estimate of drug-likeness (QED) is 0.271. The summed E-state index contributed by atoms with van der Waals surface area (Å²) in [7, 11) is 0. The summed E-state index contributed by atoms with van der Waals surface area (Å²) in [5, 5.41) is 4.53. The molecule has 2 heterocycles. The normalized spacial score (nSPS) is 12.4. The van der Waals surface area contributed by atoms with Crippen molar-refractivity contribution in [1.82, 2.24) is 15.3 Å². The van der Waals surface area contributed by atoms with Gasteiger partial charge in [0.05, 0.1) is 11.6 Å². The van der Waals surface area contributed by atoms with Crippen molar-refractivity contribution in [2.75, 3.05) is 0 Å². The van der Waals surface area contributed by atoms with Crippen LogP contribution in [0.25, 0.3) is 21.8 Å². The standard InChI is InChI=1S/C20H15Br2N3O2/c1-10(15-8-23-17-4-2-11(21)6-13(15)17)25-20(27)19(26)16-9-24-18-5-3-12(22)7-14(16)18/h2-10,23-24H,1H3,(H,25,27). The third-order valence-electron chi connectivity index (χ3n) is 4.58. The van der Waals surface area contributed by atoms with Gasteiger partial charge in [0.1, 0.15) is 0 Å². The molecule has 0 saturated carbocycles. The van der Waals surface area contributed by atoms with Gasteiger partial charge in [-0.15, -0.1) is 0 Å². The Bertz CT molecular complexity index is 1190. The van der Waals surface area contributed by atoms with E-state index < -0.39 is 11.7 Å². The number of H-pyrrole nitrogens is 2. The number of halogens is 2. The van der Waals surface area contributed by atoms with E-state index in [1.807, 2.05) is 49.5 Å². The minimum absolute atomic E-state index is 0.318. The molecule has 0 bridgehead atoms. The number of hydrogen-bond acceptors (Lipinski definition) is 2. The summed E-state index contributed by atoms with van der Waals surface area (Å²) in [6.07, 6.45) is 3.43. The lowest BCUT2D eigenvalue weighted by Gasteiger charge is -2.13. The molecule has 1 atom stereocenters. The van der Waals surface area contributed by atoms with E-state index in [4.69, 9.17) is 0 Å². The number of aromatic amines is 2. The molecule has 4 aromatic rings. The minimum Gasteiger partial charge on any atom is -0.361 e. The zero-order valence-electron chi connectivity index (χ0n) is 14.3. The molecule has 2 aromatic heterocycles. The maximum absolute atomic E-state index is 12.7.